The molecule has 1 fully saturated rings. The highest BCUT2D eigenvalue weighted by molar-refractivity contribution is 7.92. The molecule has 1 aliphatic heterocycles. The lowest BCUT2D eigenvalue weighted by atomic mass is 9.88. The number of amides is 1. The van der Waals surface area contributed by atoms with Crippen LogP contribution >= 0.6 is 0 Å². The van der Waals surface area contributed by atoms with Crippen molar-refractivity contribution in [2.75, 3.05) is 23.3 Å². The van der Waals surface area contributed by atoms with Crippen LogP contribution in [0.2, 0.25) is 0 Å². The fourth-order valence-corrected chi connectivity index (χ4v) is 7.34. The Balaban J connectivity index is 1.44. The third kappa shape index (κ3) is 7.88. The fourth-order valence-electron chi connectivity index (χ4n) is 6.35. The van der Waals surface area contributed by atoms with E-state index in [-0.39, 0.29) is 52.8 Å². The zero-order chi connectivity index (χ0) is 35.8. The second-order valence-corrected chi connectivity index (χ2v) is 16.2. The molecular weight excluding hydrogens is 658 g/mol. The summed E-state index contributed by atoms with van der Waals surface area (Å²) in [5, 5.41) is 0. The SMILES string of the molecule is Cc1cccc(C)c1-c1cc2nc(n1)NS(=O)(=O)c1cccc(c1)C(=O)N(Cc1cncc(N(C)C3CC(F)C3)n1)[C@H](CCC(C)(C)C)CO2. The smallest absolute Gasteiger partial charge is 0.264 e. The summed E-state index contributed by atoms with van der Waals surface area (Å²) < 4.78 is 50.0. The average Bonchev–Trinajstić information content (AvgIpc) is 3.04. The molecule has 1 saturated carbocycles. The molecule has 2 aromatic carbocycles. The van der Waals surface area contributed by atoms with E-state index in [2.05, 4.69) is 40.4 Å². The summed E-state index contributed by atoms with van der Waals surface area (Å²) in [4.78, 5) is 36.4. The minimum absolute atomic E-state index is 0.0269. The number of alkyl halides is 1. The predicted molar refractivity (Wildman–Crippen MR) is 190 cm³/mol. The molecule has 0 radical (unpaired) electrons. The number of aromatic nitrogens is 4. The van der Waals surface area contributed by atoms with Crippen molar-refractivity contribution in [3.8, 4) is 17.1 Å². The molecule has 0 saturated heterocycles. The molecule has 3 heterocycles. The molecule has 13 heteroatoms. The summed E-state index contributed by atoms with van der Waals surface area (Å²) in [6.45, 7) is 10.5. The number of carbonyl (C=O) groups is 1. The van der Waals surface area contributed by atoms with Crippen LogP contribution in [0.4, 0.5) is 16.2 Å². The van der Waals surface area contributed by atoms with E-state index in [4.69, 9.17) is 9.72 Å². The van der Waals surface area contributed by atoms with Gasteiger partial charge in [0.2, 0.25) is 11.8 Å². The number of nitrogens with one attached hydrogen (secondary N) is 1. The lowest BCUT2D eigenvalue weighted by Crippen LogP contribution is -2.45. The van der Waals surface area contributed by atoms with Crippen molar-refractivity contribution in [3.63, 3.8) is 0 Å². The number of hydrogen-bond donors (Lipinski definition) is 1. The Labute approximate surface area is 293 Å². The van der Waals surface area contributed by atoms with Crippen molar-refractivity contribution in [1.82, 2.24) is 24.8 Å². The van der Waals surface area contributed by atoms with Crippen LogP contribution in [-0.2, 0) is 16.6 Å². The second-order valence-electron chi connectivity index (χ2n) is 14.5. The Morgan fingerprint density at radius 2 is 1.74 bits per heavy atom. The molecule has 4 aromatic rings. The van der Waals surface area contributed by atoms with Crippen LogP contribution in [-0.4, -0.2) is 71.1 Å². The van der Waals surface area contributed by atoms with Crippen molar-refractivity contribution >= 4 is 27.7 Å². The molecular formula is C37H44FN7O4S. The molecule has 1 atom stereocenters. The largest absolute Gasteiger partial charge is 0.475 e. The van der Waals surface area contributed by atoms with Crippen molar-refractivity contribution < 1.29 is 22.3 Å². The normalized spacial score (nSPS) is 20.3. The Hall–Kier alpha value is -4.65. The quantitative estimate of drug-likeness (QED) is 0.229. The molecule has 4 bridgehead atoms. The van der Waals surface area contributed by atoms with Gasteiger partial charge in [-0.3, -0.25) is 9.78 Å². The number of sulfonamides is 1. The first kappa shape index (κ1) is 35.2. The molecule has 0 spiro atoms. The Morgan fingerprint density at radius 1 is 1.02 bits per heavy atom. The number of halogens is 1. The number of anilines is 2. The van der Waals surface area contributed by atoms with Gasteiger partial charge in [-0.05, 0) is 74.3 Å². The summed E-state index contributed by atoms with van der Waals surface area (Å²) in [6, 6.07) is 13.1. The summed E-state index contributed by atoms with van der Waals surface area (Å²) in [6.07, 6.45) is 4.66. The molecule has 50 heavy (non-hydrogen) atoms. The van der Waals surface area contributed by atoms with E-state index < -0.39 is 22.2 Å². The number of rotatable bonds is 7. The third-order valence-electron chi connectivity index (χ3n) is 9.38. The average molecular weight is 702 g/mol. The number of ether oxygens (including phenoxy) is 1. The molecule has 0 unspecified atom stereocenters. The standard InChI is InChI=1S/C37H44FN7O4S/c1-23-9-7-10-24(2)34(23)31-18-33-42-36(41-31)43-50(47,48)30-12-8-11-25(15-30)35(46)45(28(22-49-33)13-14-37(3,4)5)21-27-19-39-20-32(40-27)44(6)29-16-26(38)17-29/h7-12,15,18-20,26,28-29H,13-14,16-17,21-22H2,1-6H3,(H,41,42,43)/t26?,28-,29?/m1/s1. The van der Waals surface area contributed by atoms with Crippen LogP contribution in [0.15, 0.2) is 65.8 Å². The molecule has 1 amide bonds. The maximum Gasteiger partial charge on any atom is 0.264 e. The molecule has 2 aliphatic rings. The Morgan fingerprint density at radius 3 is 2.44 bits per heavy atom. The number of hydrogen-bond acceptors (Lipinski definition) is 9. The number of fused-ring (bicyclic) bond motifs is 4. The number of benzene rings is 2. The molecule has 264 valence electrons. The van der Waals surface area contributed by atoms with E-state index in [0.717, 1.165) is 23.1 Å². The van der Waals surface area contributed by atoms with Gasteiger partial charge in [0, 0.05) is 30.3 Å². The monoisotopic (exact) mass is 701 g/mol. The van der Waals surface area contributed by atoms with Gasteiger partial charge in [-0.25, -0.2) is 27.5 Å². The maximum atomic E-state index is 14.5. The van der Waals surface area contributed by atoms with E-state index >= 15 is 0 Å². The topological polar surface area (TPSA) is 131 Å². The first-order valence-electron chi connectivity index (χ1n) is 16.9. The van der Waals surface area contributed by atoms with Gasteiger partial charge < -0.3 is 14.5 Å². The Kier molecular flexibility index (Phi) is 9.80. The van der Waals surface area contributed by atoms with Crippen molar-refractivity contribution in [1.29, 1.82) is 0 Å². The van der Waals surface area contributed by atoms with Crippen LogP contribution in [0.25, 0.3) is 11.3 Å². The van der Waals surface area contributed by atoms with Gasteiger partial charge in [0.25, 0.3) is 15.9 Å². The number of carbonyl (C=O) groups excluding carboxylic acids is 1. The predicted octanol–water partition coefficient (Wildman–Crippen LogP) is 6.52. The van der Waals surface area contributed by atoms with Gasteiger partial charge in [-0.2, -0.15) is 4.98 Å². The summed E-state index contributed by atoms with van der Waals surface area (Å²) in [5.74, 6) is 0.245. The molecule has 6 rings (SSSR count). The summed E-state index contributed by atoms with van der Waals surface area (Å²) >= 11 is 0. The van der Waals surface area contributed by atoms with E-state index in [0.29, 0.717) is 36.5 Å². The van der Waals surface area contributed by atoms with Crippen LogP contribution in [0, 0.1) is 19.3 Å². The van der Waals surface area contributed by atoms with Gasteiger partial charge in [0.05, 0.1) is 41.3 Å². The second kappa shape index (κ2) is 13.9. The minimum Gasteiger partial charge on any atom is -0.475 e. The lowest BCUT2D eigenvalue weighted by molar-refractivity contribution is 0.0549. The van der Waals surface area contributed by atoms with Crippen LogP contribution < -0.4 is 14.4 Å². The molecule has 2 aromatic heterocycles. The van der Waals surface area contributed by atoms with Crippen molar-refractivity contribution in [2.45, 2.75) is 90.0 Å². The van der Waals surface area contributed by atoms with Gasteiger partial charge >= 0.3 is 0 Å². The highest BCUT2D eigenvalue weighted by Gasteiger charge is 2.34. The zero-order valence-electron chi connectivity index (χ0n) is 29.4. The van der Waals surface area contributed by atoms with Crippen molar-refractivity contribution in [2.24, 2.45) is 5.41 Å². The minimum atomic E-state index is -4.20. The maximum absolute atomic E-state index is 14.5. The van der Waals surface area contributed by atoms with E-state index in [1.165, 1.54) is 12.1 Å². The van der Waals surface area contributed by atoms with Crippen LogP contribution in [0.1, 0.15) is 73.6 Å². The summed E-state index contributed by atoms with van der Waals surface area (Å²) in [7, 11) is -2.33. The van der Waals surface area contributed by atoms with E-state index in [1.807, 2.05) is 44.0 Å². The first-order valence-corrected chi connectivity index (χ1v) is 18.4. The third-order valence-corrected chi connectivity index (χ3v) is 10.7. The van der Waals surface area contributed by atoms with E-state index in [1.54, 1.807) is 35.5 Å². The highest BCUT2D eigenvalue weighted by Crippen LogP contribution is 2.32. The highest BCUT2D eigenvalue weighted by atomic mass is 32.2. The summed E-state index contributed by atoms with van der Waals surface area (Å²) in [5.41, 5.74) is 3.96. The van der Waals surface area contributed by atoms with Crippen LogP contribution in [0.3, 0.4) is 0 Å². The zero-order valence-corrected chi connectivity index (χ0v) is 30.2. The van der Waals surface area contributed by atoms with Crippen LogP contribution in [0.5, 0.6) is 5.88 Å². The van der Waals surface area contributed by atoms with Gasteiger partial charge in [-0.1, -0.05) is 45.0 Å². The molecule has 1 N–H and O–H groups in total. The molecule has 11 nitrogen and oxygen atoms in total. The number of nitrogens with zero attached hydrogens (tertiary/aromatic N) is 6. The fraction of sp³-hybridized carbons (Fsp3) is 0.432. The van der Waals surface area contributed by atoms with Gasteiger partial charge in [-0.15, -0.1) is 0 Å². The first-order chi connectivity index (χ1) is 23.7. The van der Waals surface area contributed by atoms with Gasteiger partial charge in [0.15, 0.2) is 0 Å². The van der Waals surface area contributed by atoms with Gasteiger partial charge in [0.1, 0.15) is 18.6 Å². The molecule has 1 aliphatic carbocycles. The number of aryl methyl sites for hydroxylation is 2. The van der Waals surface area contributed by atoms with E-state index in [9.17, 15) is 17.6 Å². The Bertz CT molecular complexity index is 1980. The van der Waals surface area contributed by atoms with Crippen molar-refractivity contribution in [3.05, 3.63) is 83.3 Å². The lowest BCUT2D eigenvalue weighted by Gasteiger charge is -2.38.